The molecule has 4 rings (SSSR count). The fourth-order valence-electron chi connectivity index (χ4n) is 3.20. The molecular weight excluding hydrogens is 376 g/mol. The molecule has 1 aliphatic rings. The molecule has 0 radical (unpaired) electrons. The summed E-state index contributed by atoms with van der Waals surface area (Å²) < 4.78 is 7.29. The second-order valence-electron chi connectivity index (χ2n) is 6.17. The molecule has 0 spiro atoms. The zero-order valence-electron chi connectivity index (χ0n) is 13.8. The van der Waals surface area contributed by atoms with Crippen molar-refractivity contribution >= 4 is 22.8 Å². The molecule has 0 aliphatic carbocycles. The summed E-state index contributed by atoms with van der Waals surface area (Å²) in [6.07, 6.45) is -3.02. The minimum Gasteiger partial charge on any atom is -0.387 e. The number of H-pyrrole nitrogens is 1. The average molecular weight is 393 g/mol. The molecule has 5 atom stereocenters. The van der Waals surface area contributed by atoms with Crippen LogP contribution < -0.4 is 11.3 Å². The number of aromatic amines is 1. The number of nitrogens with one attached hydrogen (secondary N) is 1. The van der Waals surface area contributed by atoms with Crippen molar-refractivity contribution in [1.82, 2.24) is 19.5 Å². The van der Waals surface area contributed by atoms with E-state index in [0.29, 0.717) is 21.7 Å². The normalized spacial score (nSPS) is 27.3. The summed E-state index contributed by atoms with van der Waals surface area (Å²) in [6, 6.07) is 6.50. The number of imidazole rings is 1. The van der Waals surface area contributed by atoms with Gasteiger partial charge in [-0.2, -0.15) is 5.10 Å². The molecule has 0 bridgehead atoms. The number of nitrogens with two attached hydrogens (primary N) is 1. The highest BCUT2D eigenvalue weighted by atomic mass is 35.5. The molecular formula is C16H17ClN6O4. The van der Waals surface area contributed by atoms with Crippen LogP contribution in [0.2, 0.25) is 5.02 Å². The Bertz CT molecular complexity index is 1020. The van der Waals surface area contributed by atoms with Crippen molar-refractivity contribution in [1.29, 1.82) is 0 Å². The summed E-state index contributed by atoms with van der Waals surface area (Å²) in [7, 11) is 0. The highest BCUT2D eigenvalue weighted by Crippen LogP contribution is 2.36. The van der Waals surface area contributed by atoms with E-state index in [1.54, 1.807) is 24.3 Å². The molecule has 0 unspecified atom stereocenters. The summed E-state index contributed by atoms with van der Waals surface area (Å²) in [5.74, 6) is 5.30. The first kappa shape index (κ1) is 17.9. The van der Waals surface area contributed by atoms with E-state index in [-0.39, 0.29) is 5.49 Å². The molecule has 1 saturated heterocycles. The molecule has 10 nitrogen and oxygen atoms in total. The number of halogens is 1. The van der Waals surface area contributed by atoms with Crippen LogP contribution in [0.4, 0.5) is 0 Å². The molecule has 1 fully saturated rings. The van der Waals surface area contributed by atoms with Gasteiger partial charge in [-0.3, -0.25) is 4.57 Å². The van der Waals surface area contributed by atoms with Crippen molar-refractivity contribution in [3.8, 4) is 0 Å². The van der Waals surface area contributed by atoms with Gasteiger partial charge in [0.25, 0.3) is 0 Å². The number of hydrogen-bond donors (Lipinski definition) is 5. The van der Waals surface area contributed by atoms with Gasteiger partial charge < -0.3 is 30.9 Å². The summed E-state index contributed by atoms with van der Waals surface area (Å²) in [5.41, 5.74) is 1.55. The van der Waals surface area contributed by atoms with Crippen LogP contribution in [0.5, 0.6) is 0 Å². The van der Waals surface area contributed by atoms with E-state index in [9.17, 15) is 15.3 Å². The molecule has 1 aliphatic heterocycles. The van der Waals surface area contributed by atoms with Crippen molar-refractivity contribution in [3.05, 3.63) is 53.0 Å². The first-order chi connectivity index (χ1) is 13.0. The van der Waals surface area contributed by atoms with Gasteiger partial charge in [0.05, 0.1) is 12.7 Å². The Hall–Kier alpha value is -2.50. The lowest BCUT2D eigenvalue weighted by Crippen LogP contribution is -2.34. The zero-order valence-corrected chi connectivity index (χ0v) is 14.6. The van der Waals surface area contributed by atoms with E-state index in [1.165, 1.54) is 17.2 Å². The van der Waals surface area contributed by atoms with Crippen LogP contribution in [0, 0.1) is 0 Å². The lowest BCUT2D eigenvalue weighted by Gasteiger charge is -2.21. The summed E-state index contributed by atoms with van der Waals surface area (Å²) in [4.78, 5) is 11.0. The number of aliphatic hydroxyl groups is 3. The number of aliphatic hydroxyl groups excluding tert-OH is 3. The van der Waals surface area contributed by atoms with Gasteiger partial charge >= 0.3 is 0 Å². The number of nitrogens with zero attached hydrogens (tertiary/aromatic N) is 4. The van der Waals surface area contributed by atoms with Gasteiger partial charge in [-0.15, -0.1) is 0 Å². The lowest BCUT2D eigenvalue weighted by molar-refractivity contribution is -0.0849. The molecule has 142 valence electrons. The molecule has 2 aromatic heterocycles. The Morgan fingerprint density at radius 3 is 2.67 bits per heavy atom. The first-order valence-electron chi connectivity index (χ1n) is 8.10. The zero-order chi connectivity index (χ0) is 19.1. The van der Waals surface area contributed by atoms with Crippen molar-refractivity contribution in [2.45, 2.75) is 30.6 Å². The Balaban J connectivity index is 1.67. The van der Waals surface area contributed by atoms with Crippen LogP contribution in [-0.4, -0.2) is 53.2 Å². The smallest absolute Gasteiger partial charge is 0.202 e. The fourth-order valence-corrected chi connectivity index (χ4v) is 3.32. The second-order valence-corrected chi connectivity index (χ2v) is 6.61. The maximum absolute atomic E-state index is 10.6. The Morgan fingerprint density at radius 1 is 1.22 bits per heavy atom. The van der Waals surface area contributed by atoms with Crippen molar-refractivity contribution < 1.29 is 20.1 Å². The molecule has 11 heteroatoms. The summed E-state index contributed by atoms with van der Waals surface area (Å²) in [6.45, 7) is 0. The van der Waals surface area contributed by atoms with Crippen LogP contribution in [0.3, 0.4) is 0 Å². The van der Waals surface area contributed by atoms with Gasteiger partial charge in [0, 0.05) is 5.02 Å². The van der Waals surface area contributed by atoms with Crippen LogP contribution in [0.25, 0.3) is 11.2 Å². The first-order valence-corrected chi connectivity index (χ1v) is 8.48. The maximum atomic E-state index is 10.6. The average Bonchev–Trinajstić information content (AvgIpc) is 3.23. The third-order valence-electron chi connectivity index (χ3n) is 4.59. The third kappa shape index (κ3) is 2.97. The fraction of sp³-hybridized carbons (Fsp3) is 0.312. The molecule has 0 saturated carbocycles. The number of benzene rings is 1. The van der Waals surface area contributed by atoms with Crippen molar-refractivity contribution in [2.24, 2.45) is 10.9 Å². The number of ether oxygens (including phenoxy) is 1. The van der Waals surface area contributed by atoms with Gasteiger partial charge in [-0.05, 0) is 17.7 Å². The SMILES string of the molecule is NN=c1nc[nH]c2c1ncn2[C@@H]1O[C@H]([C@H](O)c2ccc(Cl)cc2)[C@@H](O)[C@H]1O. The molecule has 3 heterocycles. The van der Waals surface area contributed by atoms with Gasteiger partial charge in [0.1, 0.15) is 30.1 Å². The summed E-state index contributed by atoms with van der Waals surface area (Å²) >= 11 is 5.86. The standard InChI is InChI=1S/C16H17ClN6O4/c17-8-3-1-7(2-4-8)10(24)13-11(25)12(26)16(27-13)23-6-21-9-14(22-18)19-5-20-15(9)23/h1-6,10-13,16,24-26H,18H2,(H,19,20,22)/t10-,11+,12-,13-,16-/m1/s1. The molecule has 0 amide bonds. The van der Waals surface area contributed by atoms with Crippen molar-refractivity contribution in [3.63, 3.8) is 0 Å². The lowest BCUT2D eigenvalue weighted by atomic mass is 9.99. The van der Waals surface area contributed by atoms with Crippen LogP contribution in [0.15, 0.2) is 42.0 Å². The summed E-state index contributed by atoms with van der Waals surface area (Å²) in [5, 5.41) is 35.6. The van der Waals surface area contributed by atoms with Crippen LogP contribution in [0.1, 0.15) is 17.9 Å². The van der Waals surface area contributed by atoms with Gasteiger partial charge in [0.2, 0.25) is 5.49 Å². The Morgan fingerprint density at radius 2 is 1.96 bits per heavy atom. The second kappa shape index (κ2) is 6.91. The number of hydrogen-bond acceptors (Lipinski definition) is 8. The molecule has 6 N–H and O–H groups in total. The predicted octanol–water partition coefficient (Wildman–Crippen LogP) is -0.460. The Labute approximate surface area is 157 Å². The predicted molar refractivity (Wildman–Crippen MR) is 94.0 cm³/mol. The molecule has 3 aromatic rings. The van der Waals surface area contributed by atoms with E-state index < -0.39 is 30.6 Å². The van der Waals surface area contributed by atoms with E-state index in [0.717, 1.165) is 0 Å². The van der Waals surface area contributed by atoms with Crippen LogP contribution in [-0.2, 0) is 4.74 Å². The molecule has 27 heavy (non-hydrogen) atoms. The van der Waals surface area contributed by atoms with E-state index >= 15 is 0 Å². The monoisotopic (exact) mass is 392 g/mol. The van der Waals surface area contributed by atoms with E-state index in [1.807, 2.05) is 0 Å². The number of aromatic nitrogens is 4. The van der Waals surface area contributed by atoms with Gasteiger partial charge in [-0.25, -0.2) is 9.97 Å². The van der Waals surface area contributed by atoms with E-state index in [2.05, 4.69) is 20.1 Å². The molecule has 1 aromatic carbocycles. The maximum Gasteiger partial charge on any atom is 0.202 e. The quantitative estimate of drug-likeness (QED) is 0.298. The highest BCUT2D eigenvalue weighted by Gasteiger charge is 2.47. The number of rotatable bonds is 3. The minimum atomic E-state index is -1.32. The number of fused-ring (bicyclic) bond motifs is 1. The van der Waals surface area contributed by atoms with E-state index in [4.69, 9.17) is 22.2 Å². The van der Waals surface area contributed by atoms with Crippen molar-refractivity contribution in [2.75, 3.05) is 0 Å². The largest absolute Gasteiger partial charge is 0.387 e. The third-order valence-corrected chi connectivity index (χ3v) is 4.84. The van der Waals surface area contributed by atoms with Gasteiger partial charge in [0.15, 0.2) is 11.7 Å². The Kier molecular flexibility index (Phi) is 4.58. The minimum absolute atomic E-state index is 0.216. The topological polar surface area (TPSA) is 155 Å². The van der Waals surface area contributed by atoms with Gasteiger partial charge in [-0.1, -0.05) is 23.7 Å². The van der Waals surface area contributed by atoms with Crippen LogP contribution >= 0.6 is 11.6 Å². The highest BCUT2D eigenvalue weighted by molar-refractivity contribution is 6.30.